The molecule has 17 heavy (non-hydrogen) atoms. The van der Waals surface area contributed by atoms with Gasteiger partial charge in [0.05, 0.1) is 25.6 Å². The minimum Gasteiger partial charge on any atom is -0.545 e. The van der Waals surface area contributed by atoms with E-state index in [0.717, 1.165) is 5.56 Å². The first kappa shape index (κ1) is 15.7. The van der Waals surface area contributed by atoms with Gasteiger partial charge in [0.2, 0.25) is 0 Å². The number of carbonyl (C=O) groups excluding carboxylic acids is 1. The van der Waals surface area contributed by atoms with E-state index in [2.05, 4.69) is 20.8 Å². The topological polar surface area (TPSA) is 44.6 Å². The Kier molecular flexibility index (Phi) is 8.07. The lowest BCUT2D eigenvalue weighted by molar-refractivity contribution is -0.894. The minimum atomic E-state index is -1.12. The van der Waals surface area contributed by atoms with Gasteiger partial charge in [-0.1, -0.05) is 29.8 Å². The Morgan fingerprint density at radius 3 is 1.71 bits per heavy atom. The van der Waals surface area contributed by atoms with Crippen molar-refractivity contribution in [3.05, 3.63) is 35.4 Å². The third-order valence-corrected chi connectivity index (χ3v) is 2.79. The van der Waals surface area contributed by atoms with Crippen molar-refractivity contribution in [2.45, 2.75) is 27.7 Å². The van der Waals surface area contributed by atoms with Crippen LogP contribution in [0.2, 0.25) is 0 Å². The van der Waals surface area contributed by atoms with Crippen LogP contribution in [-0.2, 0) is 0 Å². The van der Waals surface area contributed by atoms with Gasteiger partial charge in [0.15, 0.2) is 0 Å². The Bertz CT molecular complexity index is 310. The normalized spacial score (nSPS) is 9.71. The Balaban J connectivity index is 0.000000325. The highest BCUT2D eigenvalue weighted by Gasteiger charge is 1.93. The van der Waals surface area contributed by atoms with Gasteiger partial charge < -0.3 is 14.8 Å². The van der Waals surface area contributed by atoms with E-state index in [1.807, 2.05) is 6.92 Å². The fourth-order valence-electron chi connectivity index (χ4n) is 1.44. The van der Waals surface area contributed by atoms with E-state index in [1.54, 1.807) is 17.0 Å². The van der Waals surface area contributed by atoms with Crippen molar-refractivity contribution < 1.29 is 14.8 Å². The molecule has 0 aromatic heterocycles. The third kappa shape index (κ3) is 6.74. The number of aryl methyl sites for hydroxylation is 1. The smallest absolute Gasteiger partial charge is 0.0742 e. The number of quaternary nitrogens is 1. The molecule has 0 saturated carbocycles. The van der Waals surface area contributed by atoms with Gasteiger partial charge in [-0.25, -0.2) is 0 Å². The summed E-state index contributed by atoms with van der Waals surface area (Å²) in [6.45, 7) is 12.4. The zero-order valence-electron chi connectivity index (χ0n) is 11.2. The first-order chi connectivity index (χ1) is 8.04. The maximum Gasteiger partial charge on any atom is 0.0742 e. The molecule has 0 atom stereocenters. The van der Waals surface area contributed by atoms with Gasteiger partial charge in [-0.2, -0.15) is 0 Å². The number of hydrogen-bond acceptors (Lipinski definition) is 2. The van der Waals surface area contributed by atoms with Crippen molar-refractivity contribution in [1.29, 1.82) is 0 Å². The zero-order valence-corrected chi connectivity index (χ0v) is 11.2. The summed E-state index contributed by atoms with van der Waals surface area (Å²) in [6, 6.07) is 6.55. The molecule has 0 aliphatic carbocycles. The van der Waals surface area contributed by atoms with Gasteiger partial charge in [0.1, 0.15) is 0 Å². The highest BCUT2D eigenvalue weighted by Crippen LogP contribution is 2.00. The first-order valence-corrected chi connectivity index (χ1v) is 6.16. The summed E-state index contributed by atoms with van der Waals surface area (Å²) in [5.41, 5.74) is 1.27. The van der Waals surface area contributed by atoms with E-state index in [0.29, 0.717) is 0 Å². The van der Waals surface area contributed by atoms with Crippen LogP contribution in [-0.4, -0.2) is 25.6 Å². The molecule has 0 spiro atoms. The molecule has 0 unspecified atom stereocenters. The molecule has 0 aliphatic heterocycles. The lowest BCUT2D eigenvalue weighted by Gasteiger charge is -2.10. The van der Waals surface area contributed by atoms with E-state index in [-0.39, 0.29) is 5.56 Å². The molecule has 0 bridgehead atoms. The van der Waals surface area contributed by atoms with Gasteiger partial charge in [-0.3, -0.25) is 0 Å². The quantitative estimate of drug-likeness (QED) is 0.818. The van der Waals surface area contributed by atoms with Crippen LogP contribution in [0, 0.1) is 6.92 Å². The molecule has 1 N–H and O–H groups in total. The van der Waals surface area contributed by atoms with Crippen LogP contribution in [0.1, 0.15) is 36.7 Å². The summed E-state index contributed by atoms with van der Waals surface area (Å²) in [5, 5.41) is 10.2. The summed E-state index contributed by atoms with van der Waals surface area (Å²) in [4.78, 5) is 11.9. The highest BCUT2D eigenvalue weighted by molar-refractivity contribution is 5.85. The summed E-state index contributed by atoms with van der Waals surface area (Å²) < 4.78 is 0. The standard InChI is InChI=1S/C8H8O2.C6H15N/c1-6-2-4-7(5-3-6)8(9)10;1-4-7(5-2)6-3/h2-5H,1H3,(H,9,10);4-6H2,1-3H3. The van der Waals surface area contributed by atoms with Crippen LogP contribution < -0.4 is 10.0 Å². The number of carbonyl (C=O) groups is 1. The number of carboxylic acid groups (broad SMARTS) is 1. The number of rotatable bonds is 4. The molecule has 0 saturated heterocycles. The van der Waals surface area contributed by atoms with E-state index >= 15 is 0 Å². The van der Waals surface area contributed by atoms with Crippen molar-refractivity contribution in [3.63, 3.8) is 0 Å². The Labute approximate surface area is 104 Å². The molecular formula is C14H23NO2. The van der Waals surface area contributed by atoms with Gasteiger partial charge >= 0.3 is 0 Å². The second-order valence-corrected chi connectivity index (χ2v) is 3.96. The number of aromatic carboxylic acids is 1. The average Bonchev–Trinajstić information content (AvgIpc) is 2.32. The fraction of sp³-hybridized carbons (Fsp3) is 0.500. The minimum absolute atomic E-state index is 0.227. The predicted molar refractivity (Wildman–Crippen MR) is 68.1 cm³/mol. The number of benzene rings is 1. The van der Waals surface area contributed by atoms with E-state index in [1.165, 1.54) is 31.8 Å². The molecule has 0 heterocycles. The molecule has 1 aromatic rings. The van der Waals surface area contributed by atoms with Crippen molar-refractivity contribution >= 4 is 5.97 Å². The van der Waals surface area contributed by atoms with Crippen molar-refractivity contribution in [1.82, 2.24) is 0 Å². The summed E-state index contributed by atoms with van der Waals surface area (Å²) in [5.74, 6) is -1.12. The fourth-order valence-corrected chi connectivity index (χ4v) is 1.44. The van der Waals surface area contributed by atoms with Gasteiger partial charge in [0, 0.05) is 0 Å². The molecule has 0 aliphatic rings. The van der Waals surface area contributed by atoms with Crippen molar-refractivity contribution in [3.8, 4) is 0 Å². The monoisotopic (exact) mass is 237 g/mol. The summed E-state index contributed by atoms with van der Waals surface area (Å²) in [6.07, 6.45) is 0. The number of nitrogens with one attached hydrogen (secondary N) is 1. The Morgan fingerprint density at radius 1 is 1.06 bits per heavy atom. The van der Waals surface area contributed by atoms with Crippen LogP contribution in [0.3, 0.4) is 0 Å². The molecule has 0 fully saturated rings. The third-order valence-electron chi connectivity index (χ3n) is 2.79. The van der Waals surface area contributed by atoms with Crippen molar-refractivity contribution in [2.75, 3.05) is 19.6 Å². The first-order valence-electron chi connectivity index (χ1n) is 6.16. The molecule has 0 amide bonds. The van der Waals surface area contributed by atoms with Crippen molar-refractivity contribution in [2.24, 2.45) is 0 Å². The van der Waals surface area contributed by atoms with Gasteiger partial charge in [0.25, 0.3) is 0 Å². The van der Waals surface area contributed by atoms with Crippen LogP contribution >= 0.6 is 0 Å². The molecule has 3 nitrogen and oxygen atoms in total. The molecule has 3 heteroatoms. The number of hydrogen-bond donors (Lipinski definition) is 1. The Morgan fingerprint density at radius 2 is 1.47 bits per heavy atom. The van der Waals surface area contributed by atoms with Crippen LogP contribution in [0.25, 0.3) is 0 Å². The largest absolute Gasteiger partial charge is 0.545 e. The predicted octanol–water partition coefficient (Wildman–Crippen LogP) is 0.290. The lowest BCUT2D eigenvalue weighted by atomic mass is 10.2. The second-order valence-electron chi connectivity index (χ2n) is 3.96. The van der Waals surface area contributed by atoms with Crippen LogP contribution in [0.15, 0.2) is 24.3 Å². The average molecular weight is 237 g/mol. The Hall–Kier alpha value is -1.35. The number of carboxylic acids is 1. The van der Waals surface area contributed by atoms with Crippen LogP contribution in [0.5, 0.6) is 0 Å². The van der Waals surface area contributed by atoms with Crippen LogP contribution in [0.4, 0.5) is 0 Å². The van der Waals surface area contributed by atoms with E-state index in [9.17, 15) is 9.90 Å². The second kappa shape index (κ2) is 8.76. The maximum atomic E-state index is 10.2. The molecule has 1 aromatic carbocycles. The van der Waals surface area contributed by atoms with Gasteiger partial charge in [-0.05, 0) is 33.3 Å². The van der Waals surface area contributed by atoms with Gasteiger partial charge in [-0.15, -0.1) is 0 Å². The molecular weight excluding hydrogens is 214 g/mol. The highest BCUT2D eigenvalue weighted by atomic mass is 16.4. The summed E-state index contributed by atoms with van der Waals surface area (Å²) >= 11 is 0. The lowest BCUT2D eigenvalue weighted by Crippen LogP contribution is -3.11. The zero-order chi connectivity index (χ0) is 13.3. The molecule has 96 valence electrons. The summed E-state index contributed by atoms with van der Waals surface area (Å²) in [7, 11) is 0. The SMILES string of the molecule is CC[NH+](CC)CC.Cc1ccc(C(=O)[O-])cc1. The maximum absolute atomic E-state index is 10.2. The molecule has 1 rings (SSSR count). The molecule has 0 radical (unpaired) electrons. The van der Waals surface area contributed by atoms with E-state index < -0.39 is 5.97 Å². The van der Waals surface area contributed by atoms with E-state index in [4.69, 9.17) is 0 Å².